The largest absolute Gasteiger partial charge is 0.481 e. The van der Waals surface area contributed by atoms with Crippen molar-refractivity contribution in [2.24, 2.45) is 0 Å². The number of carbonyl (C=O) groups excluding carboxylic acids is 1. The second-order valence-electron chi connectivity index (χ2n) is 5.71. The van der Waals surface area contributed by atoms with Gasteiger partial charge in [0.2, 0.25) is 5.52 Å². The van der Waals surface area contributed by atoms with Crippen LogP contribution < -0.4 is 5.30 Å². The first-order chi connectivity index (χ1) is 10.8. The van der Waals surface area contributed by atoms with Gasteiger partial charge in [-0.2, -0.15) is 0 Å². The van der Waals surface area contributed by atoms with Gasteiger partial charge in [0, 0.05) is 10.9 Å². The van der Waals surface area contributed by atoms with Gasteiger partial charge in [0.25, 0.3) is 0 Å². The summed E-state index contributed by atoms with van der Waals surface area (Å²) in [7, 11) is -3.75. The van der Waals surface area contributed by atoms with E-state index in [1.807, 2.05) is 19.1 Å². The fraction of sp³-hybridized carbons (Fsp3) is 0.222. The lowest BCUT2D eigenvalue weighted by Gasteiger charge is -2.18. The normalized spacial score (nSPS) is 13.3. The van der Waals surface area contributed by atoms with Gasteiger partial charge in [0.05, 0.1) is 0 Å². The molecule has 1 atom stereocenters. The molecule has 0 spiro atoms. The third kappa shape index (κ3) is 3.43. The van der Waals surface area contributed by atoms with E-state index in [1.165, 1.54) is 0 Å². The summed E-state index contributed by atoms with van der Waals surface area (Å²) in [4.78, 5) is 24.3. The molecule has 23 heavy (non-hydrogen) atoms. The maximum Gasteiger partial charge on any atom is 0.311 e. The molecule has 2 aromatic rings. The third-order valence-corrected chi connectivity index (χ3v) is 6.48. The molecule has 0 aromatic heterocycles. The fourth-order valence-electron chi connectivity index (χ4n) is 2.84. The van der Waals surface area contributed by atoms with Crippen LogP contribution in [0.5, 0.6) is 0 Å². The topological polar surface area (TPSA) is 71.4 Å². The Hall–Kier alpha value is -2.19. The summed E-state index contributed by atoms with van der Waals surface area (Å²) >= 11 is 0. The van der Waals surface area contributed by atoms with Crippen molar-refractivity contribution in [2.45, 2.75) is 20.8 Å². The predicted octanol–water partition coefficient (Wildman–Crippen LogP) is 3.53. The Morgan fingerprint density at radius 3 is 2.00 bits per heavy atom. The summed E-state index contributed by atoms with van der Waals surface area (Å²) in [6, 6.07) is 11.9. The van der Waals surface area contributed by atoms with E-state index >= 15 is 0 Å². The zero-order chi connectivity index (χ0) is 17.2. The molecule has 0 saturated carbocycles. The number of aryl methyl sites for hydroxylation is 3. The SMILES string of the molecule is Cc1cc(C)c(C(=O)P(=O)(CC(=O)O)c2ccccc2)c(C)c1. The molecular formula is C18H19O4P. The molecule has 2 rings (SSSR count). The first kappa shape index (κ1) is 17.2. The minimum absolute atomic E-state index is 0.284. The van der Waals surface area contributed by atoms with Crippen LogP contribution in [0, 0.1) is 20.8 Å². The van der Waals surface area contributed by atoms with Gasteiger partial charge in [0.15, 0.2) is 7.14 Å². The van der Waals surface area contributed by atoms with Gasteiger partial charge in [-0.15, -0.1) is 0 Å². The Kier molecular flexibility index (Phi) is 4.86. The maximum absolute atomic E-state index is 13.4. The van der Waals surface area contributed by atoms with E-state index in [9.17, 15) is 14.2 Å². The Morgan fingerprint density at radius 1 is 1.00 bits per heavy atom. The van der Waals surface area contributed by atoms with Gasteiger partial charge < -0.3 is 9.67 Å². The molecule has 0 aliphatic carbocycles. The molecule has 0 radical (unpaired) electrons. The van der Waals surface area contributed by atoms with Gasteiger partial charge in [0.1, 0.15) is 6.16 Å². The standard InChI is InChI=1S/C18H19O4P/c1-12-9-13(2)17(14(3)10-12)18(21)23(22,11-16(19)20)15-7-5-4-6-8-15/h4-10H,11H2,1-3H3,(H,19,20). The number of carboxylic acid groups (broad SMARTS) is 1. The average molecular weight is 330 g/mol. The van der Waals surface area contributed by atoms with E-state index in [0.29, 0.717) is 16.7 Å². The van der Waals surface area contributed by atoms with E-state index in [1.54, 1.807) is 44.2 Å². The van der Waals surface area contributed by atoms with Crippen molar-refractivity contribution in [3.63, 3.8) is 0 Å². The van der Waals surface area contributed by atoms with Crippen LogP contribution >= 0.6 is 7.14 Å². The summed E-state index contributed by atoms with van der Waals surface area (Å²) in [6.45, 7) is 5.48. The molecule has 120 valence electrons. The molecule has 0 aliphatic rings. The Morgan fingerprint density at radius 2 is 1.52 bits per heavy atom. The van der Waals surface area contributed by atoms with E-state index in [2.05, 4.69) is 0 Å². The molecule has 0 bridgehead atoms. The quantitative estimate of drug-likeness (QED) is 0.852. The summed E-state index contributed by atoms with van der Waals surface area (Å²) in [6.07, 6.45) is -0.678. The highest BCUT2D eigenvalue weighted by Gasteiger charge is 2.38. The fourth-order valence-corrected chi connectivity index (χ4v) is 5.15. The minimum atomic E-state index is -3.75. The lowest BCUT2D eigenvalue weighted by Crippen LogP contribution is -2.21. The minimum Gasteiger partial charge on any atom is -0.481 e. The van der Waals surface area contributed by atoms with Crippen LogP contribution in [0.4, 0.5) is 0 Å². The predicted molar refractivity (Wildman–Crippen MR) is 91.2 cm³/mol. The summed E-state index contributed by atoms with van der Waals surface area (Å²) in [5.74, 6) is -1.24. The second kappa shape index (κ2) is 6.51. The first-order valence-corrected chi connectivity index (χ1v) is 9.14. The number of benzene rings is 2. The van der Waals surface area contributed by atoms with Crippen LogP contribution in [0.25, 0.3) is 0 Å². The molecule has 0 amide bonds. The lowest BCUT2D eigenvalue weighted by atomic mass is 10.0. The number of carboxylic acids is 1. The van der Waals surface area contributed by atoms with Crippen molar-refractivity contribution < 1.29 is 19.3 Å². The zero-order valence-electron chi connectivity index (χ0n) is 13.4. The molecule has 0 fully saturated rings. The van der Waals surface area contributed by atoms with Gasteiger partial charge in [-0.05, 0) is 31.9 Å². The van der Waals surface area contributed by atoms with Crippen LogP contribution in [-0.4, -0.2) is 22.8 Å². The van der Waals surface area contributed by atoms with Crippen molar-refractivity contribution in [1.29, 1.82) is 0 Å². The number of hydrogen-bond acceptors (Lipinski definition) is 3. The van der Waals surface area contributed by atoms with Crippen LogP contribution in [0.15, 0.2) is 42.5 Å². The van der Waals surface area contributed by atoms with E-state index in [-0.39, 0.29) is 5.30 Å². The zero-order valence-corrected chi connectivity index (χ0v) is 14.3. The maximum atomic E-state index is 13.4. The average Bonchev–Trinajstić information content (AvgIpc) is 2.46. The molecular weight excluding hydrogens is 311 g/mol. The van der Waals surface area contributed by atoms with Crippen LogP contribution in [0.1, 0.15) is 27.0 Å². The van der Waals surface area contributed by atoms with E-state index in [4.69, 9.17) is 5.11 Å². The van der Waals surface area contributed by atoms with Crippen molar-refractivity contribution in [3.05, 3.63) is 64.7 Å². The van der Waals surface area contributed by atoms with Gasteiger partial charge in [-0.1, -0.05) is 48.0 Å². The molecule has 0 aliphatic heterocycles. The first-order valence-electron chi connectivity index (χ1n) is 7.25. The molecule has 5 heteroatoms. The molecule has 0 heterocycles. The van der Waals surface area contributed by atoms with E-state index in [0.717, 1.165) is 5.56 Å². The Balaban J connectivity index is 2.64. The summed E-state index contributed by atoms with van der Waals surface area (Å²) in [5, 5.41) is 9.45. The smallest absolute Gasteiger partial charge is 0.311 e. The van der Waals surface area contributed by atoms with E-state index < -0.39 is 24.8 Å². The number of rotatable bonds is 5. The Labute approximate surface area is 135 Å². The van der Waals surface area contributed by atoms with Crippen LogP contribution in [0.2, 0.25) is 0 Å². The number of hydrogen-bond donors (Lipinski definition) is 1. The van der Waals surface area contributed by atoms with Crippen LogP contribution in [0.3, 0.4) is 0 Å². The molecule has 2 aromatic carbocycles. The molecule has 1 unspecified atom stereocenters. The number of carbonyl (C=O) groups is 2. The van der Waals surface area contributed by atoms with Gasteiger partial charge in [-0.3, -0.25) is 9.59 Å². The molecule has 4 nitrogen and oxygen atoms in total. The highest BCUT2D eigenvalue weighted by molar-refractivity contribution is 7.88. The van der Waals surface area contributed by atoms with Crippen LogP contribution in [-0.2, 0) is 9.36 Å². The monoisotopic (exact) mass is 330 g/mol. The van der Waals surface area contributed by atoms with Gasteiger partial charge >= 0.3 is 5.97 Å². The van der Waals surface area contributed by atoms with Crippen molar-refractivity contribution in [3.8, 4) is 0 Å². The summed E-state index contributed by atoms with van der Waals surface area (Å²) in [5.41, 5.74) is 2.22. The van der Waals surface area contributed by atoms with Crippen molar-refractivity contribution in [1.82, 2.24) is 0 Å². The highest BCUT2D eigenvalue weighted by atomic mass is 31.2. The molecule has 0 saturated heterocycles. The summed E-state index contributed by atoms with van der Waals surface area (Å²) < 4.78 is 13.4. The van der Waals surface area contributed by atoms with Crippen molar-refractivity contribution >= 4 is 23.9 Å². The van der Waals surface area contributed by atoms with Crippen molar-refractivity contribution in [2.75, 3.05) is 6.16 Å². The third-order valence-electron chi connectivity index (χ3n) is 3.75. The van der Waals surface area contributed by atoms with Gasteiger partial charge in [-0.25, -0.2) is 0 Å². The second-order valence-corrected chi connectivity index (χ2v) is 8.42. The number of aliphatic carboxylic acids is 1. The lowest BCUT2D eigenvalue weighted by molar-refractivity contribution is -0.134. The Bertz CT molecular complexity index is 786. The molecule has 1 N–H and O–H groups in total. The highest BCUT2D eigenvalue weighted by Crippen LogP contribution is 2.48.